The van der Waals surface area contributed by atoms with Crippen molar-refractivity contribution in [1.29, 1.82) is 0 Å². The molecule has 0 aliphatic heterocycles. The molecule has 2 nitrogen and oxygen atoms in total. The summed E-state index contributed by atoms with van der Waals surface area (Å²) in [6.07, 6.45) is 0.845. The van der Waals surface area contributed by atoms with E-state index >= 15 is 0 Å². The molecule has 1 atom stereocenters. The standard InChI is InChI=1S/C16H17F2NOS/c1-11(19(2)8-7-13-4-3-9-21-13)16(20)14-6-5-12(17)10-15(14)18/h3-6,9-11H,7-8H2,1-2H3. The summed E-state index contributed by atoms with van der Waals surface area (Å²) in [5.41, 5.74) is -0.0631. The summed E-state index contributed by atoms with van der Waals surface area (Å²) in [5.74, 6) is -1.82. The van der Waals surface area contributed by atoms with Crippen LogP contribution >= 0.6 is 11.3 Å². The Balaban J connectivity index is 2.00. The number of nitrogens with zero attached hydrogens (tertiary/aromatic N) is 1. The van der Waals surface area contributed by atoms with E-state index in [9.17, 15) is 13.6 Å². The highest BCUT2D eigenvalue weighted by Gasteiger charge is 2.22. The van der Waals surface area contributed by atoms with Crippen molar-refractivity contribution in [1.82, 2.24) is 4.90 Å². The van der Waals surface area contributed by atoms with Crippen molar-refractivity contribution in [3.05, 3.63) is 57.8 Å². The summed E-state index contributed by atoms with van der Waals surface area (Å²) in [6.45, 7) is 2.44. The van der Waals surface area contributed by atoms with Crippen LogP contribution in [0.3, 0.4) is 0 Å². The van der Waals surface area contributed by atoms with Crippen LogP contribution in [0, 0.1) is 11.6 Å². The van der Waals surface area contributed by atoms with Crippen molar-refractivity contribution in [3.8, 4) is 0 Å². The molecule has 2 rings (SSSR count). The molecule has 2 aromatic rings. The molecule has 0 amide bonds. The van der Waals surface area contributed by atoms with Crippen molar-refractivity contribution < 1.29 is 13.6 Å². The molecule has 112 valence electrons. The topological polar surface area (TPSA) is 20.3 Å². The predicted octanol–water partition coefficient (Wildman–Crippen LogP) is 3.77. The van der Waals surface area contributed by atoms with Crippen LogP contribution in [0.1, 0.15) is 22.2 Å². The Morgan fingerprint density at radius 1 is 1.33 bits per heavy atom. The normalized spacial score (nSPS) is 12.6. The lowest BCUT2D eigenvalue weighted by Crippen LogP contribution is -2.37. The van der Waals surface area contributed by atoms with Gasteiger partial charge in [0.1, 0.15) is 11.6 Å². The fourth-order valence-electron chi connectivity index (χ4n) is 2.05. The molecule has 0 saturated carbocycles. The Labute approximate surface area is 127 Å². The van der Waals surface area contributed by atoms with Gasteiger partial charge in [-0.25, -0.2) is 8.78 Å². The van der Waals surface area contributed by atoms with Gasteiger partial charge in [-0.3, -0.25) is 9.69 Å². The zero-order valence-corrected chi connectivity index (χ0v) is 12.8. The third-order valence-electron chi connectivity index (χ3n) is 3.53. The van der Waals surface area contributed by atoms with E-state index in [4.69, 9.17) is 0 Å². The van der Waals surface area contributed by atoms with Crippen LogP contribution in [0.15, 0.2) is 35.7 Å². The summed E-state index contributed by atoms with van der Waals surface area (Å²) >= 11 is 1.67. The number of carbonyl (C=O) groups excluding carboxylic acids is 1. The van der Waals surface area contributed by atoms with Crippen LogP contribution in [0.5, 0.6) is 0 Å². The highest BCUT2D eigenvalue weighted by molar-refractivity contribution is 7.09. The summed E-state index contributed by atoms with van der Waals surface area (Å²) in [7, 11) is 1.83. The van der Waals surface area contributed by atoms with Crippen molar-refractivity contribution in [2.24, 2.45) is 0 Å². The molecule has 0 aliphatic rings. The lowest BCUT2D eigenvalue weighted by molar-refractivity contribution is 0.0865. The maximum atomic E-state index is 13.7. The van der Waals surface area contributed by atoms with Gasteiger partial charge < -0.3 is 0 Å². The minimum atomic E-state index is -0.807. The van der Waals surface area contributed by atoms with Crippen LogP contribution < -0.4 is 0 Å². The molecule has 0 N–H and O–H groups in total. The van der Waals surface area contributed by atoms with E-state index in [-0.39, 0.29) is 11.3 Å². The first-order valence-corrected chi connectivity index (χ1v) is 7.59. The second-order valence-corrected chi connectivity index (χ2v) is 6.01. The van der Waals surface area contributed by atoms with E-state index < -0.39 is 17.7 Å². The Bertz CT molecular complexity index is 613. The first-order valence-electron chi connectivity index (χ1n) is 6.71. The largest absolute Gasteiger partial charge is 0.296 e. The minimum absolute atomic E-state index is 0.0631. The third-order valence-corrected chi connectivity index (χ3v) is 4.46. The van der Waals surface area contributed by atoms with Gasteiger partial charge in [0.05, 0.1) is 11.6 Å². The number of likely N-dealkylation sites (N-methyl/N-ethyl adjacent to an activating group) is 1. The second kappa shape index (κ2) is 6.91. The molecule has 0 saturated heterocycles. The molecule has 1 heterocycles. The zero-order chi connectivity index (χ0) is 15.4. The number of benzene rings is 1. The van der Waals surface area contributed by atoms with Gasteiger partial charge in [-0.05, 0) is 44.0 Å². The summed E-state index contributed by atoms with van der Waals surface area (Å²) in [5, 5.41) is 2.01. The highest BCUT2D eigenvalue weighted by atomic mass is 32.1. The van der Waals surface area contributed by atoms with Crippen LogP contribution in [-0.2, 0) is 6.42 Å². The van der Waals surface area contributed by atoms with Gasteiger partial charge in [-0.15, -0.1) is 11.3 Å². The van der Waals surface area contributed by atoms with Gasteiger partial charge in [0.25, 0.3) is 0 Å². The second-order valence-electron chi connectivity index (χ2n) is 4.97. The Morgan fingerprint density at radius 3 is 2.71 bits per heavy atom. The van der Waals surface area contributed by atoms with Crippen molar-refractivity contribution in [2.75, 3.05) is 13.6 Å². The van der Waals surface area contributed by atoms with Gasteiger partial charge in [0, 0.05) is 17.5 Å². The number of rotatable bonds is 6. The van der Waals surface area contributed by atoms with Crippen LogP contribution in [0.4, 0.5) is 8.78 Å². The molecular formula is C16H17F2NOS. The molecular weight excluding hydrogens is 292 g/mol. The minimum Gasteiger partial charge on any atom is -0.296 e. The smallest absolute Gasteiger partial charge is 0.182 e. The Hall–Kier alpha value is -1.59. The van der Waals surface area contributed by atoms with Crippen LogP contribution in [0.25, 0.3) is 0 Å². The molecule has 0 bridgehead atoms. The SMILES string of the molecule is CC(C(=O)c1ccc(F)cc1F)N(C)CCc1cccs1. The number of ketones is 1. The molecule has 1 unspecified atom stereocenters. The number of hydrogen-bond acceptors (Lipinski definition) is 3. The highest BCUT2D eigenvalue weighted by Crippen LogP contribution is 2.15. The zero-order valence-electron chi connectivity index (χ0n) is 12.0. The van der Waals surface area contributed by atoms with E-state index in [1.54, 1.807) is 18.3 Å². The summed E-state index contributed by atoms with van der Waals surface area (Å²) < 4.78 is 26.5. The average Bonchev–Trinajstić information content (AvgIpc) is 2.96. The number of thiophene rings is 1. The molecule has 0 radical (unpaired) electrons. The maximum absolute atomic E-state index is 13.7. The molecule has 5 heteroatoms. The summed E-state index contributed by atoms with van der Waals surface area (Å²) in [4.78, 5) is 15.4. The van der Waals surface area contributed by atoms with E-state index in [0.29, 0.717) is 6.54 Å². The monoisotopic (exact) mass is 309 g/mol. The van der Waals surface area contributed by atoms with Crippen LogP contribution in [-0.4, -0.2) is 30.3 Å². The van der Waals surface area contributed by atoms with Gasteiger partial charge in [0.2, 0.25) is 0 Å². The first kappa shape index (κ1) is 15.8. The van der Waals surface area contributed by atoms with E-state index in [2.05, 4.69) is 0 Å². The van der Waals surface area contributed by atoms with E-state index in [1.165, 1.54) is 10.9 Å². The lowest BCUT2D eigenvalue weighted by Gasteiger charge is -2.23. The Kier molecular flexibility index (Phi) is 5.20. The molecule has 0 fully saturated rings. The van der Waals surface area contributed by atoms with Gasteiger partial charge >= 0.3 is 0 Å². The number of hydrogen-bond donors (Lipinski definition) is 0. The molecule has 1 aromatic carbocycles. The molecule has 21 heavy (non-hydrogen) atoms. The number of carbonyl (C=O) groups is 1. The van der Waals surface area contributed by atoms with Gasteiger partial charge in [-0.2, -0.15) is 0 Å². The van der Waals surface area contributed by atoms with Gasteiger partial charge in [0.15, 0.2) is 5.78 Å². The fourth-order valence-corrected chi connectivity index (χ4v) is 2.75. The number of halogens is 2. The fraction of sp³-hybridized carbons (Fsp3) is 0.312. The van der Waals surface area contributed by atoms with Crippen molar-refractivity contribution in [3.63, 3.8) is 0 Å². The Morgan fingerprint density at radius 2 is 2.10 bits per heavy atom. The predicted molar refractivity (Wildman–Crippen MR) is 80.8 cm³/mol. The average molecular weight is 309 g/mol. The van der Waals surface area contributed by atoms with Crippen molar-refractivity contribution in [2.45, 2.75) is 19.4 Å². The van der Waals surface area contributed by atoms with E-state index in [0.717, 1.165) is 18.6 Å². The quantitative estimate of drug-likeness (QED) is 0.757. The number of Topliss-reactive ketones (excluding diaryl/α,β-unsaturated/α-hetero) is 1. The third kappa shape index (κ3) is 3.95. The van der Waals surface area contributed by atoms with Gasteiger partial charge in [-0.1, -0.05) is 6.07 Å². The molecule has 0 spiro atoms. The van der Waals surface area contributed by atoms with Crippen LogP contribution in [0.2, 0.25) is 0 Å². The summed E-state index contributed by atoms with van der Waals surface area (Å²) in [6, 6.07) is 6.63. The lowest BCUT2D eigenvalue weighted by atomic mass is 10.0. The first-order chi connectivity index (χ1) is 9.99. The molecule has 1 aromatic heterocycles. The van der Waals surface area contributed by atoms with Crippen molar-refractivity contribution >= 4 is 17.1 Å². The maximum Gasteiger partial charge on any atom is 0.182 e. The molecule has 0 aliphatic carbocycles. The van der Waals surface area contributed by atoms with E-state index in [1.807, 2.05) is 29.5 Å².